The molecular formula is C11H16N2O3. The molecule has 0 bridgehead atoms. The fourth-order valence-corrected chi connectivity index (χ4v) is 1.31. The molecule has 16 heavy (non-hydrogen) atoms. The van der Waals surface area contributed by atoms with Gasteiger partial charge >= 0.3 is 5.97 Å². The maximum Gasteiger partial charge on any atom is 0.344 e. The number of hydrogen-bond acceptors (Lipinski definition) is 5. The summed E-state index contributed by atoms with van der Waals surface area (Å²) < 4.78 is 10.2. The van der Waals surface area contributed by atoms with Gasteiger partial charge in [-0.3, -0.25) is 0 Å². The molecule has 0 aliphatic heterocycles. The first-order chi connectivity index (χ1) is 7.61. The van der Waals surface area contributed by atoms with Crippen molar-refractivity contribution in [3.8, 4) is 5.75 Å². The Morgan fingerprint density at radius 2 is 1.94 bits per heavy atom. The van der Waals surface area contributed by atoms with E-state index in [-0.39, 0.29) is 17.9 Å². The minimum Gasteiger partial charge on any atom is -0.493 e. The van der Waals surface area contributed by atoms with E-state index in [2.05, 4.69) is 0 Å². The zero-order valence-corrected chi connectivity index (χ0v) is 9.45. The van der Waals surface area contributed by atoms with Gasteiger partial charge in [-0.1, -0.05) is 0 Å². The second-order valence-electron chi connectivity index (χ2n) is 3.10. The van der Waals surface area contributed by atoms with E-state index in [1.807, 2.05) is 6.92 Å². The van der Waals surface area contributed by atoms with Crippen molar-refractivity contribution in [3.63, 3.8) is 0 Å². The summed E-state index contributed by atoms with van der Waals surface area (Å²) in [5.41, 5.74) is 12.1. The molecule has 0 spiro atoms. The summed E-state index contributed by atoms with van der Waals surface area (Å²) in [6.45, 7) is 4.26. The van der Waals surface area contributed by atoms with E-state index in [1.54, 1.807) is 19.1 Å². The van der Waals surface area contributed by atoms with Crippen LogP contribution in [-0.2, 0) is 4.74 Å². The number of ether oxygens (including phenoxy) is 2. The van der Waals surface area contributed by atoms with Crippen LogP contribution in [0.1, 0.15) is 24.2 Å². The smallest absolute Gasteiger partial charge is 0.344 e. The highest BCUT2D eigenvalue weighted by Gasteiger charge is 2.19. The van der Waals surface area contributed by atoms with Gasteiger partial charge in [-0.05, 0) is 26.0 Å². The van der Waals surface area contributed by atoms with E-state index in [9.17, 15) is 4.79 Å². The molecule has 4 N–H and O–H groups in total. The molecule has 0 saturated carbocycles. The van der Waals surface area contributed by atoms with Gasteiger partial charge in [0.2, 0.25) is 0 Å². The van der Waals surface area contributed by atoms with Crippen molar-refractivity contribution in [1.29, 1.82) is 0 Å². The van der Waals surface area contributed by atoms with Crippen LogP contribution in [0, 0.1) is 0 Å². The number of hydrogen-bond donors (Lipinski definition) is 2. The van der Waals surface area contributed by atoms with E-state index < -0.39 is 5.97 Å². The Morgan fingerprint density at radius 3 is 2.50 bits per heavy atom. The van der Waals surface area contributed by atoms with Crippen molar-refractivity contribution in [2.24, 2.45) is 0 Å². The average Bonchev–Trinajstić information content (AvgIpc) is 2.24. The van der Waals surface area contributed by atoms with Gasteiger partial charge in [0.25, 0.3) is 0 Å². The van der Waals surface area contributed by atoms with Crippen molar-refractivity contribution in [3.05, 3.63) is 17.7 Å². The van der Waals surface area contributed by atoms with Crippen molar-refractivity contribution in [2.75, 3.05) is 24.7 Å². The van der Waals surface area contributed by atoms with E-state index in [4.69, 9.17) is 20.9 Å². The lowest BCUT2D eigenvalue weighted by Crippen LogP contribution is -2.12. The second kappa shape index (κ2) is 5.25. The molecule has 5 heteroatoms. The monoisotopic (exact) mass is 224 g/mol. The standard InChI is InChI=1S/C11H16N2O3/c1-3-15-8-6-5-7(12)10(13)9(8)11(14)16-4-2/h5-6H,3-4,12-13H2,1-2H3. The first kappa shape index (κ1) is 12.2. The van der Waals surface area contributed by atoms with Crippen LogP contribution in [0.3, 0.4) is 0 Å². The van der Waals surface area contributed by atoms with Crippen LogP contribution in [0.2, 0.25) is 0 Å². The topological polar surface area (TPSA) is 87.6 Å². The molecule has 88 valence electrons. The van der Waals surface area contributed by atoms with Gasteiger partial charge < -0.3 is 20.9 Å². The van der Waals surface area contributed by atoms with Gasteiger partial charge in [0.1, 0.15) is 11.3 Å². The molecule has 0 atom stereocenters. The normalized spacial score (nSPS) is 9.88. The Labute approximate surface area is 94.3 Å². The maximum atomic E-state index is 11.7. The third kappa shape index (κ3) is 2.36. The summed E-state index contributed by atoms with van der Waals surface area (Å²) in [7, 11) is 0. The van der Waals surface area contributed by atoms with Gasteiger partial charge in [-0.2, -0.15) is 0 Å². The largest absolute Gasteiger partial charge is 0.493 e. The molecule has 0 amide bonds. The van der Waals surface area contributed by atoms with Crippen LogP contribution in [0.15, 0.2) is 12.1 Å². The Hall–Kier alpha value is -1.91. The van der Waals surface area contributed by atoms with Crippen LogP contribution in [0.5, 0.6) is 5.75 Å². The number of esters is 1. The molecule has 0 fully saturated rings. The van der Waals surface area contributed by atoms with Gasteiger partial charge in [0.05, 0.1) is 24.6 Å². The number of carbonyl (C=O) groups is 1. The molecular weight excluding hydrogens is 208 g/mol. The number of rotatable bonds is 4. The number of carbonyl (C=O) groups excluding carboxylic acids is 1. The van der Waals surface area contributed by atoms with Crippen molar-refractivity contribution in [1.82, 2.24) is 0 Å². The van der Waals surface area contributed by atoms with Crippen LogP contribution < -0.4 is 16.2 Å². The molecule has 1 aromatic rings. The molecule has 0 unspecified atom stereocenters. The Morgan fingerprint density at radius 1 is 1.25 bits per heavy atom. The molecule has 0 heterocycles. The first-order valence-corrected chi connectivity index (χ1v) is 5.09. The van der Waals surface area contributed by atoms with E-state index >= 15 is 0 Å². The zero-order chi connectivity index (χ0) is 12.1. The van der Waals surface area contributed by atoms with Crippen molar-refractivity contribution < 1.29 is 14.3 Å². The van der Waals surface area contributed by atoms with E-state index in [0.29, 0.717) is 18.0 Å². The van der Waals surface area contributed by atoms with Gasteiger partial charge in [-0.25, -0.2) is 4.79 Å². The van der Waals surface area contributed by atoms with E-state index in [0.717, 1.165) is 0 Å². The Balaban J connectivity index is 3.20. The molecule has 1 rings (SSSR count). The summed E-state index contributed by atoms with van der Waals surface area (Å²) in [5.74, 6) is -0.122. The SMILES string of the molecule is CCOC(=O)c1c(OCC)ccc(N)c1N. The predicted octanol–water partition coefficient (Wildman–Crippen LogP) is 1.43. The lowest BCUT2D eigenvalue weighted by Gasteiger charge is -2.13. The molecule has 0 aliphatic carbocycles. The van der Waals surface area contributed by atoms with Crippen LogP contribution in [-0.4, -0.2) is 19.2 Å². The summed E-state index contributed by atoms with van der Waals surface area (Å²) >= 11 is 0. The fraction of sp³-hybridized carbons (Fsp3) is 0.364. The van der Waals surface area contributed by atoms with Crippen LogP contribution in [0.25, 0.3) is 0 Å². The molecule has 0 radical (unpaired) electrons. The highest BCUT2D eigenvalue weighted by Crippen LogP contribution is 2.30. The molecule has 0 aliphatic rings. The molecule has 5 nitrogen and oxygen atoms in total. The minimum absolute atomic E-state index is 0.198. The summed E-state index contributed by atoms with van der Waals surface area (Å²) in [6, 6.07) is 3.21. The molecule has 0 aromatic heterocycles. The van der Waals surface area contributed by atoms with E-state index in [1.165, 1.54) is 0 Å². The number of anilines is 2. The summed E-state index contributed by atoms with van der Waals surface area (Å²) in [6.07, 6.45) is 0. The number of benzene rings is 1. The quantitative estimate of drug-likeness (QED) is 0.596. The zero-order valence-electron chi connectivity index (χ0n) is 9.45. The highest BCUT2D eigenvalue weighted by atomic mass is 16.5. The fourth-order valence-electron chi connectivity index (χ4n) is 1.31. The second-order valence-corrected chi connectivity index (χ2v) is 3.10. The summed E-state index contributed by atoms with van der Waals surface area (Å²) in [4.78, 5) is 11.7. The Kier molecular flexibility index (Phi) is 3.99. The van der Waals surface area contributed by atoms with Gasteiger partial charge in [0.15, 0.2) is 0 Å². The third-order valence-corrected chi connectivity index (χ3v) is 2.02. The van der Waals surface area contributed by atoms with Gasteiger partial charge in [0, 0.05) is 0 Å². The molecule has 1 aromatic carbocycles. The maximum absolute atomic E-state index is 11.7. The number of nitrogens with two attached hydrogens (primary N) is 2. The van der Waals surface area contributed by atoms with Gasteiger partial charge in [-0.15, -0.1) is 0 Å². The Bertz CT molecular complexity index is 391. The first-order valence-electron chi connectivity index (χ1n) is 5.09. The summed E-state index contributed by atoms with van der Waals surface area (Å²) in [5, 5.41) is 0. The highest BCUT2D eigenvalue weighted by molar-refractivity contribution is 6.01. The number of nitrogen functional groups attached to an aromatic ring is 2. The van der Waals surface area contributed by atoms with Crippen LogP contribution >= 0.6 is 0 Å². The minimum atomic E-state index is -0.518. The third-order valence-electron chi connectivity index (χ3n) is 2.02. The van der Waals surface area contributed by atoms with Crippen molar-refractivity contribution >= 4 is 17.3 Å². The molecule has 0 saturated heterocycles. The lowest BCUT2D eigenvalue weighted by molar-refractivity contribution is 0.0523. The average molecular weight is 224 g/mol. The van der Waals surface area contributed by atoms with Crippen molar-refractivity contribution in [2.45, 2.75) is 13.8 Å². The van der Waals surface area contributed by atoms with Crippen LogP contribution in [0.4, 0.5) is 11.4 Å². The predicted molar refractivity (Wildman–Crippen MR) is 62.4 cm³/mol. The lowest BCUT2D eigenvalue weighted by atomic mass is 10.1.